The van der Waals surface area contributed by atoms with Crippen molar-refractivity contribution >= 4 is 29.1 Å². The van der Waals surface area contributed by atoms with Gasteiger partial charge in [-0.05, 0) is 30.7 Å². The van der Waals surface area contributed by atoms with Gasteiger partial charge in [-0.1, -0.05) is 41.6 Å². The van der Waals surface area contributed by atoms with Gasteiger partial charge in [0.1, 0.15) is 0 Å². The van der Waals surface area contributed by atoms with Crippen LogP contribution in [0.4, 0.5) is 5.69 Å². The SMILES string of the molecule is CC(N)c1ccc(Sc2ccccc2[N+](=O)[O-])cc1Cl. The summed E-state index contributed by atoms with van der Waals surface area (Å²) >= 11 is 7.48. The number of hydrogen-bond donors (Lipinski definition) is 1. The maximum Gasteiger partial charge on any atom is 0.283 e. The van der Waals surface area contributed by atoms with E-state index >= 15 is 0 Å². The molecule has 0 saturated carbocycles. The summed E-state index contributed by atoms with van der Waals surface area (Å²) in [7, 11) is 0. The molecule has 0 aliphatic rings. The van der Waals surface area contributed by atoms with Gasteiger partial charge in [0.05, 0.1) is 9.82 Å². The predicted molar refractivity (Wildman–Crippen MR) is 81.3 cm³/mol. The molecule has 0 spiro atoms. The van der Waals surface area contributed by atoms with E-state index in [0.717, 1.165) is 10.5 Å². The van der Waals surface area contributed by atoms with Gasteiger partial charge in [0.2, 0.25) is 0 Å². The summed E-state index contributed by atoms with van der Waals surface area (Å²) in [5.74, 6) is 0. The number of para-hydroxylation sites is 1. The van der Waals surface area contributed by atoms with E-state index in [1.165, 1.54) is 17.8 Å². The van der Waals surface area contributed by atoms with E-state index in [0.29, 0.717) is 9.92 Å². The first-order valence-electron chi connectivity index (χ1n) is 5.95. The van der Waals surface area contributed by atoms with E-state index in [-0.39, 0.29) is 16.7 Å². The first-order valence-corrected chi connectivity index (χ1v) is 7.15. The van der Waals surface area contributed by atoms with Gasteiger partial charge in [-0.3, -0.25) is 10.1 Å². The van der Waals surface area contributed by atoms with Crippen LogP contribution in [0.5, 0.6) is 0 Å². The second-order valence-corrected chi connectivity index (χ2v) is 5.82. The van der Waals surface area contributed by atoms with Crippen LogP contribution in [0.25, 0.3) is 0 Å². The van der Waals surface area contributed by atoms with Crippen LogP contribution in [-0.4, -0.2) is 4.92 Å². The van der Waals surface area contributed by atoms with E-state index in [4.69, 9.17) is 17.3 Å². The average Bonchev–Trinajstić information content (AvgIpc) is 2.38. The molecule has 1 unspecified atom stereocenters. The Hall–Kier alpha value is -1.56. The molecule has 20 heavy (non-hydrogen) atoms. The molecule has 0 aliphatic carbocycles. The summed E-state index contributed by atoms with van der Waals surface area (Å²) < 4.78 is 0. The van der Waals surface area contributed by atoms with Gasteiger partial charge in [-0.25, -0.2) is 0 Å². The molecule has 0 bridgehead atoms. The lowest BCUT2D eigenvalue weighted by Crippen LogP contribution is -2.05. The lowest BCUT2D eigenvalue weighted by atomic mass is 10.1. The van der Waals surface area contributed by atoms with Crippen LogP contribution in [0.2, 0.25) is 5.02 Å². The van der Waals surface area contributed by atoms with Crippen molar-refractivity contribution < 1.29 is 4.92 Å². The fraction of sp³-hybridized carbons (Fsp3) is 0.143. The van der Waals surface area contributed by atoms with E-state index < -0.39 is 0 Å². The molecule has 0 fully saturated rings. The summed E-state index contributed by atoms with van der Waals surface area (Å²) in [4.78, 5) is 12.0. The Kier molecular flexibility index (Phi) is 4.65. The van der Waals surface area contributed by atoms with Crippen molar-refractivity contribution in [2.45, 2.75) is 22.8 Å². The predicted octanol–water partition coefficient (Wildman–Crippen LogP) is 4.42. The Morgan fingerprint density at radius 3 is 2.60 bits per heavy atom. The van der Waals surface area contributed by atoms with Crippen molar-refractivity contribution in [3.05, 3.63) is 63.2 Å². The number of halogens is 1. The average molecular weight is 309 g/mol. The Morgan fingerprint density at radius 2 is 2.00 bits per heavy atom. The molecule has 0 aliphatic heterocycles. The maximum atomic E-state index is 11.0. The molecule has 4 nitrogen and oxygen atoms in total. The lowest BCUT2D eigenvalue weighted by molar-refractivity contribution is -0.387. The summed E-state index contributed by atoms with van der Waals surface area (Å²) in [5, 5.41) is 11.5. The topological polar surface area (TPSA) is 69.2 Å². The van der Waals surface area contributed by atoms with Crippen LogP contribution in [0.3, 0.4) is 0 Å². The molecule has 0 radical (unpaired) electrons. The lowest BCUT2D eigenvalue weighted by Gasteiger charge is -2.10. The van der Waals surface area contributed by atoms with Gasteiger partial charge >= 0.3 is 0 Å². The highest BCUT2D eigenvalue weighted by Gasteiger charge is 2.14. The van der Waals surface area contributed by atoms with Crippen LogP contribution in [0.15, 0.2) is 52.3 Å². The number of nitro benzene ring substituents is 1. The van der Waals surface area contributed by atoms with E-state index in [1.54, 1.807) is 24.3 Å². The Bertz CT molecular complexity index is 647. The third-order valence-electron chi connectivity index (χ3n) is 2.75. The summed E-state index contributed by atoms with van der Waals surface area (Å²) in [6.07, 6.45) is 0. The molecule has 0 saturated heterocycles. The minimum Gasteiger partial charge on any atom is -0.324 e. The Labute approximate surface area is 126 Å². The fourth-order valence-electron chi connectivity index (χ4n) is 1.76. The molecule has 2 N–H and O–H groups in total. The van der Waals surface area contributed by atoms with Crippen molar-refractivity contribution in [2.24, 2.45) is 5.73 Å². The molecule has 2 aromatic carbocycles. The van der Waals surface area contributed by atoms with Crippen molar-refractivity contribution in [1.29, 1.82) is 0 Å². The highest BCUT2D eigenvalue weighted by molar-refractivity contribution is 7.99. The van der Waals surface area contributed by atoms with E-state index in [9.17, 15) is 10.1 Å². The first kappa shape index (κ1) is 14.8. The van der Waals surface area contributed by atoms with Gasteiger partial charge in [0.15, 0.2) is 0 Å². The Balaban J connectivity index is 2.31. The van der Waals surface area contributed by atoms with Crippen LogP contribution >= 0.6 is 23.4 Å². The molecule has 2 rings (SSSR count). The Morgan fingerprint density at radius 1 is 1.30 bits per heavy atom. The summed E-state index contributed by atoms with van der Waals surface area (Å²) in [6, 6.07) is 12.0. The standard InChI is InChI=1S/C14H13ClN2O2S/c1-9(16)11-7-6-10(8-12(11)15)20-14-5-3-2-4-13(14)17(18)19/h2-9H,16H2,1H3. The third-order valence-corrected chi connectivity index (χ3v) is 4.13. The quantitative estimate of drug-likeness (QED) is 0.670. The van der Waals surface area contributed by atoms with Gasteiger partial charge < -0.3 is 5.73 Å². The van der Waals surface area contributed by atoms with Crippen LogP contribution in [0, 0.1) is 10.1 Å². The number of rotatable bonds is 4. The molecule has 6 heteroatoms. The number of hydrogen-bond acceptors (Lipinski definition) is 4. The first-order chi connectivity index (χ1) is 9.49. The van der Waals surface area contributed by atoms with Crippen molar-refractivity contribution in [2.75, 3.05) is 0 Å². The van der Waals surface area contributed by atoms with Crippen LogP contribution < -0.4 is 5.73 Å². The fourth-order valence-corrected chi connectivity index (χ4v) is 3.14. The summed E-state index contributed by atoms with van der Waals surface area (Å²) in [5.41, 5.74) is 6.75. The zero-order valence-electron chi connectivity index (χ0n) is 10.7. The number of benzene rings is 2. The molecule has 0 amide bonds. The largest absolute Gasteiger partial charge is 0.324 e. The minimum absolute atomic E-state index is 0.0879. The summed E-state index contributed by atoms with van der Waals surface area (Å²) in [6.45, 7) is 1.86. The van der Waals surface area contributed by atoms with Gasteiger partial charge in [0, 0.05) is 22.0 Å². The zero-order valence-corrected chi connectivity index (χ0v) is 12.3. The van der Waals surface area contributed by atoms with Crippen molar-refractivity contribution in [3.63, 3.8) is 0 Å². The molecular formula is C14H13ClN2O2S. The van der Waals surface area contributed by atoms with Crippen LogP contribution in [0.1, 0.15) is 18.5 Å². The highest BCUT2D eigenvalue weighted by Crippen LogP contribution is 2.36. The normalized spacial score (nSPS) is 12.2. The molecule has 2 aromatic rings. The molecule has 104 valence electrons. The van der Waals surface area contributed by atoms with Gasteiger partial charge in [-0.2, -0.15) is 0 Å². The van der Waals surface area contributed by atoms with E-state index in [1.807, 2.05) is 19.1 Å². The zero-order chi connectivity index (χ0) is 14.7. The highest BCUT2D eigenvalue weighted by atomic mass is 35.5. The number of nitrogens with two attached hydrogens (primary N) is 1. The second kappa shape index (κ2) is 6.26. The maximum absolute atomic E-state index is 11.0. The van der Waals surface area contributed by atoms with Gasteiger partial charge in [0.25, 0.3) is 5.69 Å². The minimum atomic E-state index is -0.389. The van der Waals surface area contributed by atoms with Crippen molar-refractivity contribution in [1.82, 2.24) is 0 Å². The molecular weight excluding hydrogens is 296 g/mol. The molecule has 0 aromatic heterocycles. The smallest absolute Gasteiger partial charge is 0.283 e. The number of nitro groups is 1. The molecule has 1 atom stereocenters. The number of nitrogens with zero attached hydrogens (tertiary/aromatic N) is 1. The van der Waals surface area contributed by atoms with Crippen molar-refractivity contribution in [3.8, 4) is 0 Å². The van der Waals surface area contributed by atoms with E-state index in [2.05, 4.69) is 0 Å². The second-order valence-electron chi connectivity index (χ2n) is 4.30. The van der Waals surface area contributed by atoms with Crippen LogP contribution in [-0.2, 0) is 0 Å². The van der Waals surface area contributed by atoms with Gasteiger partial charge in [-0.15, -0.1) is 0 Å². The third kappa shape index (κ3) is 3.30. The molecule has 0 heterocycles. The monoisotopic (exact) mass is 308 g/mol.